The Labute approximate surface area is 112 Å². The lowest BCUT2D eigenvalue weighted by Crippen LogP contribution is -2.30. The Bertz CT molecular complexity index is 388. The number of aromatic nitrogens is 2. The van der Waals surface area contributed by atoms with Gasteiger partial charge in [0.15, 0.2) is 0 Å². The second kappa shape index (κ2) is 5.11. The van der Waals surface area contributed by atoms with Gasteiger partial charge in [0.1, 0.15) is 0 Å². The normalized spacial score (nSPS) is 28.8. The van der Waals surface area contributed by atoms with Crippen LogP contribution in [0.1, 0.15) is 45.7 Å². The van der Waals surface area contributed by atoms with Crippen LogP contribution in [0, 0.1) is 0 Å². The van der Waals surface area contributed by atoms with Crippen LogP contribution in [-0.2, 0) is 12.0 Å². The van der Waals surface area contributed by atoms with Gasteiger partial charge in [-0.2, -0.15) is 5.10 Å². The number of aryl methyl sites for hydroxylation is 1. The number of hydrogen-bond donors (Lipinski definition) is 1. The molecule has 2 unspecified atom stereocenters. The zero-order valence-corrected chi connectivity index (χ0v) is 12.5. The minimum absolute atomic E-state index is 0.262. The molecule has 0 aromatic carbocycles. The van der Waals surface area contributed by atoms with E-state index in [2.05, 4.69) is 51.8 Å². The van der Waals surface area contributed by atoms with Crippen LogP contribution < -0.4 is 5.32 Å². The van der Waals surface area contributed by atoms with E-state index in [1.165, 1.54) is 29.4 Å². The molecule has 0 bridgehead atoms. The minimum Gasteiger partial charge on any atom is -0.314 e. The fourth-order valence-electron chi connectivity index (χ4n) is 3.12. The van der Waals surface area contributed by atoms with E-state index in [1.807, 2.05) is 6.20 Å². The highest BCUT2D eigenvalue weighted by atomic mass is 79.9. The number of nitrogens with zero attached hydrogens (tertiary/aromatic N) is 2. The van der Waals surface area contributed by atoms with E-state index in [0.29, 0.717) is 6.04 Å². The topological polar surface area (TPSA) is 29.9 Å². The van der Waals surface area contributed by atoms with Crippen molar-refractivity contribution in [2.45, 2.75) is 58.0 Å². The zero-order chi connectivity index (χ0) is 12.5. The molecule has 1 N–H and O–H groups in total. The van der Waals surface area contributed by atoms with Gasteiger partial charge in [0.2, 0.25) is 0 Å². The molecule has 0 spiro atoms. The first-order valence-corrected chi connectivity index (χ1v) is 7.35. The van der Waals surface area contributed by atoms with Gasteiger partial charge in [-0.15, -0.1) is 0 Å². The van der Waals surface area contributed by atoms with Gasteiger partial charge in [0, 0.05) is 18.0 Å². The summed E-state index contributed by atoms with van der Waals surface area (Å²) in [6.07, 6.45) is 5.66. The summed E-state index contributed by atoms with van der Waals surface area (Å²) >= 11 is 3.66. The van der Waals surface area contributed by atoms with Crippen LogP contribution in [0.3, 0.4) is 0 Å². The van der Waals surface area contributed by atoms with Gasteiger partial charge in [-0.1, -0.05) is 13.8 Å². The number of nitrogens with one attached hydrogen (secondary N) is 1. The Kier molecular flexibility index (Phi) is 3.93. The second-order valence-corrected chi connectivity index (χ2v) is 6.07. The summed E-state index contributed by atoms with van der Waals surface area (Å²) in [6, 6.07) is 0.664. The third-order valence-electron chi connectivity index (χ3n) is 3.90. The Morgan fingerprint density at radius 3 is 3.00 bits per heavy atom. The molecule has 2 atom stereocenters. The van der Waals surface area contributed by atoms with Gasteiger partial charge in [-0.3, -0.25) is 4.68 Å². The largest absolute Gasteiger partial charge is 0.314 e. The molecule has 1 fully saturated rings. The second-order valence-electron chi connectivity index (χ2n) is 5.21. The summed E-state index contributed by atoms with van der Waals surface area (Å²) in [5.74, 6) is 0. The van der Waals surface area contributed by atoms with E-state index < -0.39 is 0 Å². The molecule has 1 aliphatic carbocycles. The molecule has 0 radical (unpaired) electrons. The summed E-state index contributed by atoms with van der Waals surface area (Å²) in [7, 11) is 0. The highest BCUT2D eigenvalue weighted by Gasteiger charge is 2.39. The highest BCUT2D eigenvalue weighted by molar-refractivity contribution is 9.10. The predicted molar refractivity (Wildman–Crippen MR) is 74.3 cm³/mol. The molecular weight excluding hydrogens is 278 g/mol. The third kappa shape index (κ3) is 2.43. The lowest BCUT2D eigenvalue weighted by atomic mass is 9.84. The van der Waals surface area contributed by atoms with Crippen molar-refractivity contribution in [2.24, 2.45) is 0 Å². The molecular formula is C13H22BrN3. The summed E-state index contributed by atoms with van der Waals surface area (Å²) < 4.78 is 3.30. The molecule has 0 amide bonds. The molecule has 17 heavy (non-hydrogen) atoms. The number of rotatable bonds is 4. The van der Waals surface area contributed by atoms with Gasteiger partial charge in [0.25, 0.3) is 0 Å². The van der Waals surface area contributed by atoms with Crippen LogP contribution in [0.5, 0.6) is 0 Å². The molecule has 1 aromatic heterocycles. The molecule has 0 aliphatic heterocycles. The van der Waals surface area contributed by atoms with E-state index in [4.69, 9.17) is 0 Å². The quantitative estimate of drug-likeness (QED) is 0.926. The van der Waals surface area contributed by atoms with Crippen LogP contribution in [-0.4, -0.2) is 22.4 Å². The van der Waals surface area contributed by atoms with Crippen LogP contribution in [0.25, 0.3) is 0 Å². The van der Waals surface area contributed by atoms with Crippen molar-refractivity contribution in [3.05, 3.63) is 16.4 Å². The Hall–Kier alpha value is -0.350. The lowest BCUT2D eigenvalue weighted by molar-refractivity contribution is 0.415. The maximum Gasteiger partial charge on any atom is 0.0635 e. The van der Waals surface area contributed by atoms with Crippen molar-refractivity contribution in [3.63, 3.8) is 0 Å². The molecule has 3 nitrogen and oxygen atoms in total. The first-order valence-electron chi connectivity index (χ1n) is 6.56. The van der Waals surface area contributed by atoms with Crippen molar-refractivity contribution in [1.29, 1.82) is 0 Å². The predicted octanol–water partition coefficient (Wildman–Crippen LogP) is 3.09. The average molecular weight is 300 g/mol. The van der Waals surface area contributed by atoms with Gasteiger partial charge >= 0.3 is 0 Å². The lowest BCUT2D eigenvalue weighted by Gasteiger charge is -2.26. The zero-order valence-electron chi connectivity index (χ0n) is 11.0. The molecule has 2 rings (SSSR count). The van der Waals surface area contributed by atoms with Crippen molar-refractivity contribution < 1.29 is 0 Å². The van der Waals surface area contributed by atoms with E-state index in [0.717, 1.165) is 13.1 Å². The Morgan fingerprint density at radius 2 is 2.35 bits per heavy atom. The van der Waals surface area contributed by atoms with E-state index in [-0.39, 0.29) is 5.41 Å². The Morgan fingerprint density at radius 1 is 1.59 bits per heavy atom. The summed E-state index contributed by atoms with van der Waals surface area (Å²) in [5, 5.41) is 8.02. The smallest absolute Gasteiger partial charge is 0.0635 e. The SMILES string of the molecule is CCNC1CCC(C)(c2c(Br)cnn2CC)C1. The molecule has 96 valence electrons. The minimum atomic E-state index is 0.262. The maximum atomic E-state index is 4.44. The van der Waals surface area contributed by atoms with Crippen molar-refractivity contribution >= 4 is 15.9 Å². The standard InChI is InChI=1S/C13H22BrN3/c1-4-15-10-6-7-13(3,8-10)12-11(14)9-16-17(12)5-2/h9-10,15H,4-8H2,1-3H3. The maximum absolute atomic E-state index is 4.44. The molecule has 1 saturated carbocycles. The van der Waals surface area contributed by atoms with E-state index in [1.54, 1.807) is 0 Å². The van der Waals surface area contributed by atoms with Crippen molar-refractivity contribution in [1.82, 2.24) is 15.1 Å². The molecule has 4 heteroatoms. The van der Waals surface area contributed by atoms with Crippen molar-refractivity contribution in [3.8, 4) is 0 Å². The van der Waals surface area contributed by atoms with Gasteiger partial charge < -0.3 is 5.32 Å². The fourth-order valence-corrected chi connectivity index (χ4v) is 3.90. The first-order chi connectivity index (χ1) is 8.10. The highest BCUT2D eigenvalue weighted by Crippen LogP contribution is 2.43. The van der Waals surface area contributed by atoms with E-state index >= 15 is 0 Å². The monoisotopic (exact) mass is 299 g/mol. The average Bonchev–Trinajstić information content (AvgIpc) is 2.84. The molecule has 0 saturated heterocycles. The first kappa shape index (κ1) is 13.1. The van der Waals surface area contributed by atoms with Gasteiger partial charge in [-0.25, -0.2) is 0 Å². The summed E-state index contributed by atoms with van der Waals surface area (Å²) in [6.45, 7) is 8.72. The summed E-state index contributed by atoms with van der Waals surface area (Å²) in [5.41, 5.74) is 1.64. The van der Waals surface area contributed by atoms with Crippen LogP contribution >= 0.6 is 15.9 Å². The molecule has 1 aliphatic rings. The number of hydrogen-bond acceptors (Lipinski definition) is 2. The Balaban J connectivity index is 2.24. The molecule has 1 aromatic rings. The summed E-state index contributed by atoms with van der Waals surface area (Å²) in [4.78, 5) is 0. The molecule has 1 heterocycles. The van der Waals surface area contributed by atoms with Gasteiger partial charge in [0.05, 0.1) is 16.4 Å². The third-order valence-corrected chi connectivity index (χ3v) is 4.48. The van der Waals surface area contributed by atoms with Crippen LogP contribution in [0.4, 0.5) is 0 Å². The van der Waals surface area contributed by atoms with Crippen LogP contribution in [0.15, 0.2) is 10.7 Å². The van der Waals surface area contributed by atoms with Gasteiger partial charge in [-0.05, 0) is 48.7 Å². The van der Waals surface area contributed by atoms with Crippen LogP contribution in [0.2, 0.25) is 0 Å². The van der Waals surface area contributed by atoms with Crippen molar-refractivity contribution in [2.75, 3.05) is 6.54 Å². The van der Waals surface area contributed by atoms with E-state index in [9.17, 15) is 0 Å². The fraction of sp³-hybridized carbons (Fsp3) is 0.769. The number of halogens is 1.